The SMILES string of the molecule is c1ccc(-c2cccc(N(c3cccc(-c4ccccc4)c3)c3ccc4c(ccc5ccc6nc(-c7ccccc7)c(-c7ccccc7)nc6c54)c3)c2)cc1. The predicted octanol–water partition coefficient (Wildman–Crippen LogP) is 14.1. The molecule has 10 aromatic rings. The molecule has 1 aromatic heterocycles. The van der Waals surface area contributed by atoms with E-state index in [0.29, 0.717) is 0 Å². The van der Waals surface area contributed by atoms with Gasteiger partial charge in [-0.15, -0.1) is 0 Å². The molecule has 258 valence electrons. The van der Waals surface area contributed by atoms with Crippen LogP contribution in [0.5, 0.6) is 0 Å². The molecular formula is C52H35N3. The van der Waals surface area contributed by atoms with Crippen LogP contribution in [0.15, 0.2) is 212 Å². The minimum Gasteiger partial charge on any atom is -0.310 e. The van der Waals surface area contributed by atoms with E-state index in [1.807, 2.05) is 12.1 Å². The molecule has 10 rings (SSSR count). The molecule has 0 fully saturated rings. The van der Waals surface area contributed by atoms with Gasteiger partial charge in [-0.25, -0.2) is 9.97 Å². The van der Waals surface area contributed by atoms with Crippen molar-refractivity contribution in [3.63, 3.8) is 0 Å². The van der Waals surface area contributed by atoms with Crippen LogP contribution in [0, 0.1) is 0 Å². The minimum atomic E-state index is 0.875. The molecule has 0 saturated heterocycles. The molecule has 0 bridgehead atoms. The molecule has 0 spiro atoms. The Labute approximate surface area is 320 Å². The van der Waals surface area contributed by atoms with Gasteiger partial charge in [-0.1, -0.05) is 170 Å². The van der Waals surface area contributed by atoms with Crippen molar-refractivity contribution in [3.8, 4) is 44.8 Å². The quantitative estimate of drug-likeness (QED) is 0.155. The third-order valence-corrected chi connectivity index (χ3v) is 10.4. The van der Waals surface area contributed by atoms with Gasteiger partial charge in [0.05, 0.1) is 22.4 Å². The van der Waals surface area contributed by atoms with E-state index in [2.05, 4.69) is 205 Å². The van der Waals surface area contributed by atoms with Gasteiger partial charge in [-0.05, 0) is 80.9 Å². The standard InChI is InChI=1S/C52H35N3/c1-5-15-36(16-6-1)41-23-13-25-44(33-41)55(45-26-14-24-42(34-45)37-17-7-2-8-18-37)46-30-31-47-43(35-46)28-27-38-29-32-48-52(49(38)47)54-51(40-21-11-4-12-22-40)50(53-48)39-19-9-3-10-20-39/h1-35H. The fraction of sp³-hybridized carbons (Fsp3) is 0. The Balaban J connectivity index is 1.17. The summed E-state index contributed by atoms with van der Waals surface area (Å²) < 4.78 is 0. The largest absolute Gasteiger partial charge is 0.310 e. The average molecular weight is 702 g/mol. The summed E-state index contributed by atoms with van der Waals surface area (Å²) in [5, 5.41) is 4.52. The molecule has 55 heavy (non-hydrogen) atoms. The zero-order chi connectivity index (χ0) is 36.6. The van der Waals surface area contributed by atoms with Crippen molar-refractivity contribution in [2.75, 3.05) is 4.90 Å². The molecule has 0 N–H and O–H groups in total. The molecule has 0 amide bonds. The molecule has 0 aliphatic rings. The van der Waals surface area contributed by atoms with Crippen molar-refractivity contribution in [2.45, 2.75) is 0 Å². The first-order valence-electron chi connectivity index (χ1n) is 18.7. The average Bonchev–Trinajstić information content (AvgIpc) is 3.27. The highest BCUT2D eigenvalue weighted by Crippen LogP contribution is 2.41. The van der Waals surface area contributed by atoms with Gasteiger partial charge < -0.3 is 4.90 Å². The van der Waals surface area contributed by atoms with Crippen LogP contribution in [0.2, 0.25) is 0 Å². The summed E-state index contributed by atoms with van der Waals surface area (Å²) in [4.78, 5) is 13.1. The van der Waals surface area contributed by atoms with Crippen molar-refractivity contribution < 1.29 is 0 Å². The summed E-state index contributed by atoms with van der Waals surface area (Å²) >= 11 is 0. The zero-order valence-electron chi connectivity index (χ0n) is 30.0. The van der Waals surface area contributed by atoms with Crippen LogP contribution in [-0.4, -0.2) is 9.97 Å². The topological polar surface area (TPSA) is 29.0 Å². The summed E-state index contributed by atoms with van der Waals surface area (Å²) in [7, 11) is 0. The third kappa shape index (κ3) is 6.08. The summed E-state index contributed by atoms with van der Waals surface area (Å²) in [5.74, 6) is 0. The van der Waals surface area contributed by atoms with E-state index in [1.165, 1.54) is 22.3 Å². The molecule has 3 heteroatoms. The van der Waals surface area contributed by atoms with Crippen LogP contribution in [0.1, 0.15) is 0 Å². The number of anilines is 3. The molecule has 0 radical (unpaired) electrons. The first kappa shape index (κ1) is 32.3. The van der Waals surface area contributed by atoms with E-state index in [1.54, 1.807) is 0 Å². The van der Waals surface area contributed by atoms with Crippen LogP contribution in [0.3, 0.4) is 0 Å². The number of benzene rings is 9. The minimum absolute atomic E-state index is 0.875. The second-order valence-corrected chi connectivity index (χ2v) is 13.8. The number of rotatable bonds is 7. The molecule has 0 aliphatic heterocycles. The Morgan fingerprint density at radius 1 is 0.309 bits per heavy atom. The number of aromatic nitrogens is 2. The molecule has 0 atom stereocenters. The smallest absolute Gasteiger partial charge is 0.0979 e. The fourth-order valence-electron chi connectivity index (χ4n) is 7.75. The van der Waals surface area contributed by atoms with Crippen molar-refractivity contribution in [1.82, 2.24) is 9.97 Å². The predicted molar refractivity (Wildman–Crippen MR) is 231 cm³/mol. The molecule has 0 unspecified atom stereocenters. The van der Waals surface area contributed by atoms with E-state index < -0.39 is 0 Å². The van der Waals surface area contributed by atoms with Gasteiger partial charge in [0.1, 0.15) is 0 Å². The number of hydrogen-bond donors (Lipinski definition) is 0. The highest BCUT2D eigenvalue weighted by Gasteiger charge is 2.18. The highest BCUT2D eigenvalue weighted by atomic mass is 15.1. The van der Waals surface area contributed by atoms with E-state index >= 15 is 0 Å². The lowest BCUT2D eigenvalue weighted by atomic mass is 9.98. The van der Waals surface area contributed by atoms with Crippen LogP contribution in [0.25, 0.3) is 77.3 Å². The van der Waals surface area contributed by atoms with Gasteiger partial charge in [0.2, 0.25) is 0 Å². The molecule has 3 nitrogen and oxygen atoms in total. The molecule has 9 aromatic carbocycles. The Bertz CT molecular complexity index is 2880. The maximum absolute atomic E-state index is 5.46. The van der Waals surface area contributed by atoms with E-state index in [0.717, 1.165) is 72.2 Å². The summed E-state index contributed by atoms with van der Waals surface area (Å²) in [6.07, 6.45) is 0. The Hall–Kier alpha value is -7.36. The van der Waals surface area contributed by atoms with Gasteiger partial charge in [-0.3, -0.25) is 0 Å². The van der Waals surface area contributed by atoms with Gasteiger partial charge >= 0.3 is 0 Å². The number of fused-ring (bicyclic) bond motifs is 5. The van der Waals surface area contributed by atoms with Crippen LogP contribution in [-0.2, 0) is 0 Å². The van der Waals surface area contributed by atoms with Crippen molar-refractivity contribution in [2.24, 2.45) is 0 Å². The molecule has 1 heterocycles. The zero-order valence-corrected chi connectivity index (χ0v) is 30.0. The second kappa shape index (κ2) is 13.9. The van der Waals surface area contributed by atoms with Crippen molar-refractivity contribution in [3.05, 3.63) is 212 Å². The van der Waals surface area contributed by atoms with Crippen LogP contribution in [0.4, 0.5) is 17.1 Å². The first-order valence-corrected chi connectivity index (χ1v) is 18.7. The van der Waals surface area contributed by atoms with Crippen LogP contribution >= 0.6 is 0 Å². The van der Waals surface area contributed by atoms with Gasteiger partial charge in [-0.2, -0.15) is 0 Å². The maximum Gasteiger partial charge on any atom is 0.0979 e. The summed E-state index contributed by atoms with van der Waals surface area (Å²) in [5.41, 5.74) is 13.6. The van der Waals surface area contributed by atoms with Gasteiger partial charge in [0.25, 0.3) is 0 Å². The number of nitrogens with zero attached hydrogens (tertiary/aromatic N) is 3. The van der Waals surface area contributed by atoms with Gasteiger partial charge in [0, 0.05) is 33.6 Å². The highest BCUT2D eigenvalue weighted by molar-refractivity contribution is 6.19. The maximum atomic E-state index is 5.46. The van der Waals surface area contributed by atoms with Crippen LogP contribution < -0.4 is 4.90 Å². The van der Waals surface area contributed by atoms with E-state index in [4.69, 9.17) is 9.97 Å². The van der Waals surface area contributed by atoms with E-state index in [9.17, 15) is 0 Å². The van der Waals surface area contributed by atoms with Crippen molar-refractivity contribution in [1.29, 1.82) is 0 Å². The first-order chi connectivity index (χ1) is 27.3. The summed E-state index contributed by atoms with van der Waals surface area (Å²) in [6.45, 7) is 0. The number of hydrogen-bond acceptors (Lipinski definition) is 3. The van der Waals surface area contributed by atoms with E-state index in [-0.39, 0.29) is 0 Å². The lowest BCUT2D eigenvalue weighted by Gasteiger charge is -2.27. The van der Waals surface area contributed by atoms with Gasteiger partial charge in [0.15, 0.2) is 0 Å². The fourth-order valence-corrected chi connectivity index (χ4v) is 7.75. The molecule has 0 aliphatic carbocycles. The monoisotopic (exact) mass is 701 g/mol. The second-order valence-electron chi connectivity index (χ2n) is 13.8. The lowest BCUT2D eigenvalue weighted by molar-refractivity contribution is 1.29. The Morgan fingerprint density at radius 2 is 0.764 bits per heavy atom. The molecular weight excluding hydrogens is 667 g/mol. The Morgan fingerprint density at radius 3 is 1.33 bits per heavy atom. The normalized spacial score (nSPS) is 11.3. The Kier molecular flexibility index (Phi) is 8.16. The van der Waals surface area contributed by atoms with Crippen molar-refractivity contribution >= 4 is 49.6 Å². The lowest BCUT2D eigenvalue weighted by Crippen LogP contribution is -2.10. The summed E-state index contributed by atoms with van der Waals surface area (Å²) in [6, 6.07) is 75.1. The molecule has 0 saturated carbocycles. The third-order valence-electron chi connectivity index (χ3n) is 10.4.